The molecule has 1 aliphatic rings. The number of likely N-dealkylation sites (tertiary alicyclic amines) is 1. The lowest BCUT2D eigenvalue weighted by Crippen LogP contribution is -2.38. The van der Waals surface area contributed by atoms with Crippen LogP contribution in [-0.2, 0) is 6.54 Å². The molecule has 2 heterocycles. The van der Waals surface area contributed by atoms with E-state index in [1.807, 2.05) is 6.20 Å². The summed E-state index contributed by atoms with van der Waals surface area (Å²) in [6, 6.07) is 0.782. The van der Waals surface area contributed by atoms with Crippen LogP contribution in [0.4, 0.5) is 0 Å². The van der Waals surface area contributed by atoms with E-state index in [0.717, 1.165) is 19.1 Å². The molecule has 1 aromatic rings. The Morgan fingerprint density at radius 3 is 3.14 bits per heavy atom. The topological polar surface area (TPSA) is 28.2 Å². The Morgan fingerprint density at radius 1 is 1.52 bits per heavy atom. The Hall–Kier alpha value is -0.710. The molecule has 1 aliphatic heterocycles. The average Bonchev–Trinajstić information content (AvgIpc) is 2.97. The first kappa shape index (κ1) is 16.7. The van der Waals surface area contributed by atoms with Crippen LogP contribution in [0.15, 0.2) is 12.3 Å². The maximum absolute atomic E-state index is 4.49. The van der Waals surface area contributed by atoms with E-state index in [4.69, 9.17) is 0 Å². The summed E-state index contributed by atoms with van der Waals surface area (Å²) in [4.78, 5) is 8.42. The number of hydrogen-bond donors (Lipinski definition) is 1. The summed E-state index contributed by atoms with van der Waals surface area (Å²) >= 11 is 1.80. The van der Waals surface area contributed by atoms with Gasteiger partial charge in [-0.15, -0.1) is 11.3 Å². The third-order valence-corrected chi connectivity index (χ3v) is 5.52. The fraction of sp³-hybridized carbons (Fsp3) is 0.706. The van der Waals surface area contributed by atoms with Gasteiger partial charge in [-0.25, -0.2) is 4.98 Å². The zero-order valence-corrected chi connectivity index (χ0v) is 14.5. The molecule has 21 heavy (non-hydrogen) atoms. The lowest BCUT2D eigenvalue weighted by atomic mass is 10.0. The van der Waals surface area contributed by atoms with Gasteiger partial charge in [0.2, 0.25) is 0 Å². The van der Waals surface area contributed by atoms with Crippen LogP contribution < -0.4 is 5.32 Å². The first-order chi connectivity index (χ1) is 10.2. The summed E-state index contributed by atoms with van der Waals surface area (Å²) in [5.41, 5.74) is 1.32. The largest absolute Gasteiger partial charge is 0.310 e. The second-order valence-corrected chi connectivity index (χ2v) is 7.12. The van der Waals surface area contributed by atoms with Crippen LogP contribution in [0.5, 0.6) is 0 Å². The zero-order chi connectivity index (χ0) is 15.1. The maximum atomic E-state index is 4.49. The molecule has 0 spiro atoms. The van der Waals surface area contributed by atoms with Gasteiger partial charge < -0.3 is 10.2 Å². The fourth-order valence-corrected chi connectivity index (χ4v) is 3.73. The van der Waals surface area contributed by atoms with Crippen LogP contribution in [0.2, 0.25) is 0 Å². The Kier molecular flexibility index (Phi) is 6.87. The molecule has 1 aromatic heterocycles. The molecule has 0 amide bonds. The molecule has 1 fully saturated rings. The van der Waals surface area contributed by atoms with Gasteiger partial charge >= 0.3 is 0 Å². The number of rotatable bonds is 7. The number of allylic oxidation sites excluding steroid dienone is 2. The molecule has 4 heteroatoms. The van der Waals surface area contributed by atoms with Gasteiger partial charge in [0.25, 0.3) is 0 Å². The van der Waals surface area contributed by atoms with Gasteiger partial charge in [-0.3, -0.25) is 0 Å². The van der Waals surface area contributed by atoms with E-state index in [1.165, 1.54) is 54.2 Å². The highest BCUT2D eigenvalue weighted by molar-refractivity contribution is 7.12. The van der Waals surface area contributed by atoms with E-state index in [2.05, 4.69) is 42.0 Å². The van der Waals surface area contributed by atoms with Gasteiger partial charge in [0, 0.05) is 23.7 Å². The number of aromatic nitrogens is 1. The van der Waals surface area contributed by atoms with E-state index < -0.39 is 0 Å². The summed E-state index contributed by atoms with van der Waals surface area (Å²) in [5.74, 6) is 0. The molecule has 1 atom stereocenters. The van der Waals surface area contributed by atoms with E-state index >= 15 is 0 Å². The summed E-state index contributed by atoms with van der Waals surface area (Å²) in [6.07, 6.45) is 9.53. The minimum Gasteiger partial charge on any atom is -0.310 e. The van der Waals surface area contributed by atoms with Crippen molar-refractivity contribution in [2.45, 2.75) is 59.0 Å². The Bertz CT molecular complexity index is 453. The molecule has 0 aliphatic carbocycles. The van der Waals surface area contributed by atoms with Crippen LogP contribution in [-0.4, -0.2) is 35.6 Å². The number of nitrogens with zero attached hydrogens (tertiary/aromatic N) is 2. The smallest absolute Gasteiger partial charge is 0.107 e. The van der Waals surface area contributed by atoms with E-state index in [9.17, 15) is 0 Å². The molecular formula is C17H29N3S. The number of thiazole rings is 1. The van der Waals surface area contributed by atoms with Crippen molar-refractivity contribution in [1.29, 1.82) is 0 Å². The second kappa shape index (κ2) is 8.66. The first-order valence-electron chi connectivity index (χ1n) is 8.23. The Balaban J connectivity index is 1.62. The van der Waals surface area contributed by atoms with Crippen molar-refractivity contribution in [2.75, 3.05) is 19.6 Å². The van der Waals surface area contributed by atoms with Gasteiger partial charge in [0.1, 0.15) is 5.01 Å². The molecule has 0 radical (unpaired) electrons. The molecule has 0 aromatic carbocycles. The summed E-state index contributed by atoms with van der Waals surface area (Å²) in [7, 11) is 0. The molecule has 0 saturated carbocycles. The van der Waals surface area contributed by atoms with Crippen molar-refractivity contribution in [3.05, 3.63) is 22.2 Å². The van der Waals surface area contributed by atoms with Gasteiger partial charge in [0.05, 0.1) is 0 Å². The predicted octanol–water partition coefficient (Wildman–Crippen LogP) is 3.92. The Labute approximate surface area is 133 Å². The molecule has 2 rings (SSSR count). The number of piperidine rings is 1. The maximum Gasteiger partial charge on any atom is 0.107 e. The van der Waals surface area contributed by atoms with Crippen molar-refractivity contribution < 1.29 is 0 Å². The molecule has 1 N–H and O–H groups in total. The summed E-state index contributed by atoms with van der Waals surface area (Å²) in [6.45, 7) is 11.1. The summed E-state index contributed by atoms with van der Waals surface area (Å²) in [5, 5.41) is 4.72. The van der Waals surface area contributed by atoms with Gasteiger partial charge in [-0.2, -0.15) is 0 Å². The highest BCUT2D eigenvalue weighted by atomic mass is 32.1. The van der Waals surface area contributed by atoms with Crippen molar-refractivity contribution in [1.82, 2.24) is 15.2 Å². The number of nitrogens with one attached hydrogen (secondary N) is 1. The van der Waals surface area contributed by atoms with Gasteiger partial charge in [-0.05, 0) is 65.2 Å². The lowest BCUT2D eigenvalue weighted by Gasteiger charge is -2.33. The van der Waals surface area contributed by atoms with Crippen molar-refractivity contribution in [2.24, 2.45) is 0 Å². The lowest BCUT2D eigenvalue weighted by molar-refractivity contribution is 0.159. The molecule has 0 bridgehead atoms. The fourth-order valence-electron chi connectivity index (χ4n) is 2.81. The van der Waals surface area contributed by atoms with Crippen molar-refractivity contribution in [3.63, 3.8) is 0 Å². The molecule has 1 unspecified atom stereocenters. The van der Waals surface area contributed by atoms with Crippen molar-refractivity contribution >= 4 is 16.9 Å². The molecule has 118 valence electrons. The van der Waals surface area contributed by atoms with Gasteiger partial charge in [0.15, 0.2) is 0 Å². The first-order valence-corrected chi connectivity index (χ1v) is 9.05. The van der Waals surface area contributed by atoms with Crippen LogP contribution in [0.25, 0.3) is 5.57 Å². The predicted molar refractivity (Wildman–Crippen MR) is 92.6 cm³/mol. The second-order valence-electron chi connectivity index (χ2n) is 6.00. The third kappa shape index (κ3) is 5.20. The quantitative estimate of drug-likeness (QED) is 0.774. The highest BCUT2D eigenvalue weighted by Gasteiger charge is 2.16. The van der Waals surface area contributed by atoms with Crippen molar-refractivity contribution in [3.8, 4) is 0 Å². The van der Waals surface area contributed by atoms with E-state index in [-0.39, 0.29) is 0 Å². The average molecular weight is 308 g/mol. The Morgan fingerprint density at radius 2 is 2.38 bits per heavy atom. The van der Waals surface area contributed by atoms with Crippen LogP contribution >= 0.6 is 11.3 Å². The molecule has 1 saturated heterocycles. The number of hydrogen-bond acceptors (Lipinski definition) is 4. The minimum atomic E-state index is 0.782. The minimum absolute atomic E-state index is 0.782. The van der Waals surface area contributed by atoms with Crippen LogP contribution in [0.1, 0.15) is 56.3 Å². The van der Waals surface area contributed by atoms with Crippen LogP contribution in [0.3, 0.4) is 0 Å². The standard InChI is InChI=1S/C17H29N3S/c1-4-14(2)16-12-19-17(21-16)13-18-9-7-11-20-10-6-5-8-15(20)3/h4,12,15,18H,5-11,13H2,1-3H3/b14-4+. The zero-order valence-electron chi connectivity index (χ0n) is 13.7. The third-order valence-electron chi connectivity index (χ3n) is 4.39. The molecular weight excluding hydrogens is 278 g/mol. The highest BCUT2D eigenvalue weighted by Crippen LogP contribution is 2.21. The van der Waals surface area contributed by atoms with E-state index in [1.54, 1.807) is 11.3 Å². The SMILES string of the molecule is C/C=C(\C)c1cnc(CNCCCN2CCCCC2C)s1. The van der Waals surface area contributed by atoms with E-state index in [0.29, 0.717) is 0 Å². The van der Waals surface area contributed by atoms with Gasteiger partial charge in [-0.1, -0.05) is 12.5 Å². The molecule has 3 nitrogen and oxygen atoms in total. The monoisotopic (exact) mass is 307 g/mol. The van der Waals surface area contributed by atoms with Crippen LogP contribution in [0, 0.1) is 0 Å². The summed E-state index contributed by atoms with van der Waals surface area (Å²) < 4.78 is 0. The normalized spacial score (nSPS) is 20.9.